The molecule has 50 heavy (non-hydrogen) atoms. The number of unbranched alkanes of at least 4 members (excludes halogenated alkanes) is 4. The molecule has 1 aromatic heterocycles. The fourth-order valence-electron chi connectivity index (χ4n) is 5.77. The molecule has 0 aliphatic rings. The highest BCUT2D eigenvalue weighted by atomic mass is 35.5. The maximum absolute atomic E-state index is 13.0. The number of halogens is 1. The van der Waals surface area contributed by atoms with Crippen molar-refractivity contribution in [3.8, 4) is 0 Å². The van der Waals surface area contributed by atoms with Crippen molar-refractivity contribution < 1.29 is 9.59 Å². The molecule has 0 bridgehead atoms. The summed E-state index contributed by atoms with van der Waals surface area (Å²) in [5.41, 5.74) is 22.7. The van der Waals surface area contributed by atoms with Gasteiger partial charge in [0.1, 0.15) is 0 Å². The summed E-state index contributed by atoms with van der Waals surface area (Å²) in [6.45, 7) is 3.22. The lowest BCUT2D eigenvalue weighted by Gasteiger charge is -2.16. The molecule has 1 atom stereocenters. The molecule has 266 valence electrons. The van der Waals surface area contributed by atoms with Crippen LogP contribution in [0.25, 0.3) is 10.8 Å². The van der Waals surface area contributed by atoms with Crippen LogP contribution in [-0.4, -0.2) is 65.9 Å². The summed E-state index contributed by atoms with van der Waals surface area (Å²) < 4.78 is 0. The van der Waals surface area contributed by atoms with Gasteiger partial charge in [0, 0.05) is 12.2 Å². The Balaban J connectivity index is 1.24. The summed E-state index contributed by atoms with van der Waals surface area (Å²) in [4.78, 5) is 40.0. The number of nitrogens with zero attached hydrogens (tertiary/aromatic N) is 4. The number of fused-ring (bicyclic) bond motifs is 1. The quantitative estimate of drug-likeness (QED) is 0.0551. The molecule has 1 heterocycles. The first-order chi connectivity index (χ1) is 24.0. The molecule has 3 aromatic carbocycles. The van der Waals surface area contributed by atoms with Crippen molar-refractivity contribution in [1.82, 2.24) is 20.2 Å². The number of hydrogen-bond acceptors (Lipinski definition) is 8. The highest BCUT2D eigenvalue weighted by Gasteiger charge is 2.18. The summed E-state index contributed by atoms with van der Waals surface area (Å²) in [5, 5.41) is 7.79. The van der Waals surface area contributed by atoms with Crippen molar-refractivity contribution in [1.29, 1.82) is 0 Å². The van der Waals surface area contributed by atoms with Crippen molar-refractivity contribution in [2.45, 2.75) is 70.8 Å². The third kappa shape index (κ3) is 11.5. The number of carbonyl (C=O) groups is 2. The van der Waals surface area contributed by atoms with Crippen molar-refractivity contribution >= 4 is 51.7 Å². The van der Waals surface area contributed by atoms with Gasteiger partial charge in [-0.3, -0.25) is 19.9 Å². The molecule has 0 aliphatic heterocycles. The lowest BCUT2D eigenvalue weighted by atomic mass is 9.93. The SMILES string of the molecule is Cc1nc(N)c(C(=O)NC(N)=NCCCCc2ccc(C[C@H](N)C(=O)Nc3ccc(CCCCCCN(C)C)cc3)c3ccccc23)nc1Cl. The summed E-state index contributed by atoms with van der Waals surface area (Å²) in [5.74, 6) is -0.892. The van der Waals surface area contributed by atoms with E-state index in [1.165, 1.54) is 36.8 Å². The highest BCUT2D eigenvalue weighted by molar-refractivity contribution is 6.30. The van der Waals surface area contributed by atoms with E-state index in [9.17, 15) is 9.59 Å². The van der Waals surface area contributed by atoms with Crippen LogP contribution < -0.4 is 27.8 Å². The molecule has 0 spiro atoms. The van der Waals surface area contributed by atoms with Crippen molar-refractivity contribution in [3.05, 3.63) is 93.9 Å². The van der Waals surface area contributed by atoms with E-state index < -0.39 is 11.9 Å². The van der Waals surface area contributed by atoms with E-state index in [1.807, 2.05) is 24.3 Å². The van der Waals surface area contributed by atoms with Crippen LogP contribution in [0.15, 0.2) is 65.7 Å². The van der Waals surface area contributed by atoms with E-state index in [2.05, 4.69) is 81.0 Å². The molecule has 8 N–H and O–H groups in total. The average molecular weight is 700 g/mol. The monoisotopic (exact) mass is 699 g/mol. The standard InChI is InChI=1S/C38H50ClN9O2/c1-25-34(39)46-33(35(41)44-25)37(50)47-38(42)43-22-10-9-13-27-18-19-28(31-15-8-7-14-30(27)31)24-32(40)36(49)45-29-20-16-26(17-21-29)12-6-4-5-11-23-48(2)3/h7-8,14-21,32H,4-6,9-13,22-24,40H2,1-3H3,(H2,41,44)(H,45,49)(H3,42,43,47,50)/t32-/m0/s1. The molecule has 12 heteroatoms. The fraction of sp³-hybridized carbons (Fsp3) is 0.395. The minimum Gasteiger partial charge on any atom is -0.382 e. The number of aromatic nitrogens is 2. The van der Waals surface area contributed by atoms with Crippen LogP contribution in [0.5, 0.6) is 0 Å². The van der Waals surface area contributed by atoms with Gasteiger partial charge in [-0.05, 0) is 112 Å². The zero-order chi connectivity index (χ0) is 36.0. The lowest BCUT2D eigenvalue weighted by molar-refractivity contribution is -0.117. The number of carbonyl (C=O) groups excluding carboxylic acids is 2. The van der Waals surface area contributed by atoms with Gasteiger partial charge in [0.05, 0.1) is 11.7 Å². The molecule has 0 unspecified atom stereocenters. The van der Waals surface area contributed by atoms with Gasteiger partial charge < -0.3 is 27.4 Å². The molecular formula is C38H50ClN9O2. The number of anilines is 2. The second-order valence-corrected chi connectivity index (χ2v) is 13.3. The zero-order valence-corrected chi connectivity index (χ0v) is 30.1. The summed E-state index contributed by atoms with van der Waals surface area (Å²) in [6.07, 6.45) is 8.78. The van der Waals surface area contributed by atoms with Crippen molar-refractivity contribution in [3.63, 3.8) is 0 Å². The molecular weight excluding hydrogens is 650 g/mol. The van der Waals surface area contributed by atoms with Crippen LogP contribution in [0.3, 0.4) is 0 Å². The summed E-state index contributed by atoms with van der Waals surface area (Å²) in [7, 11) is 4.22. The lowest BCUT2D eigenvalue weighted by Crippen LogP contribution is -2.38. The minimum absolute atomic E-state index is 0.0304. The van der Waals surface area contributed by atoms with Crippen LogP contribution >= 0.6 is 11.6 Å². The Hall–Kier alpha value is -4.58. The van der Waals surface area contributed by atoms with Gasteiger partial charge in [0.2, 0.25) is 5.91 Å². The maximum atomic E-state index is 13.0. The van der Waals surface area contributed by atoms with E-state index in [4.69, 9.17) is 28.8 Å². The normalized spacial score (nSPS) is 12.3. The molecule has 0 fully saturated rings. The number of nitrogens with two attached hydrogens (primary N) is 3. The van der Waals surface area contributed by atoms with Gasteiger partial charge in [-0.25, -0.2) is 9.97 Å². The van der Waals surface area contributed by atoms with Crippen LogP contribution in [-0.2, 0) is 24.1 Å². The largest absolute Gasteiger partial charge is 0.382 e. The number of aliphatic imine (C=N–C) groups is 1. The Morgan fingerprint density at radius 3 is 2.26 bits per heavy atom. The van der Waals surface area contributed by atoms with Crippen LogP contribution in [0.4, 0.5) is 11.5 Å². The Kier molecular flexibility index (Phi) is 14.5. The number of benzene rings is 3. The molecule has 0 radical (unpaired) electrons. The van der Waals surface area contributed by atoms with E-state index in [-0.39, 0.29) is 28.5 Å². The van der Waals surface area contributed by atoms with Gasteiger partial charge in [-0.2, -0.15) is 0 Å². The third-order valence-corrected chi connectivity index (χ3v) is 8.91. The first-order valence-electron chi connectivity index (χ1n) is 17.2. The van der Waals surface area contributed by atoms with Gasteiger partial charge in [0.15, 0.2) is 22.6 Å². The molecule has 0 saturated carbocycles. The van der Waals surface area contributed by atoms with Gasteiger partial charge in [0.25, 0.3) is 5.91 Å². The Bertz CT molecular complexity index is 1780. The number of hydrogen-bond donors (Lipinski definition) is 5. The summed E-state index contributed by atoms with van der Waals surface area (Å²) >= 11 is 5.98. The first kappa shape index (κ1) is 38.2. The third-order valence-electron chi connectivity index (χ3n) is 8.56. The van der Waals surface area contributed by atoms with Crippen LogP contribution in [0.1, 0.15) is 71.4 Å². The number of nitrogen functional groups attached to an aromatic ring is 1. The second kappa shape index (κ2) is 19.0. The van der Waals surface area contributed by atoms with Gasteiger partial charge in [-0.1, -0.05) is 73.0 Å². The number of amides is 2. The van der Waals surface area contributed by atoms with E-state index in [0.29, 0.717) is 18.7 Å². The predicted octanol–water partition coefficient (Wildman–Crippen LogP) is 5.41. The number of rotatable bonds is 17. The zero-order valence-electron chi connectivity index (χ0n) is 29.3. The van der Waals surface area contributed by atoms with Gasteiger partial charge in [-0.15, -0.1) is 0 Å². The number of nitrogens with one attached hydrogen (secondary N) is 2. The van der Waals surface area contributed by atoms with E-state index in [0.717, 1.165) is 54.3 Å². The second-order valence-electron chi connectivity index (χ2n) is 12.9. The van der Waals surface area contributed by atoms with E-state index in [1.54, 1.807) is 6.92 Å². The summed E-state index contributed by atoms with van der Waals surface area (Å²) in [6, 6.07) is 19.8. The molecule has 4 rings (SSSR count). The fourth-order valence-corrected chi connectivity index (χ4v) is 5.90. The molecule has 11 nitrogen and oxygen atoms in total. The smallest absolute Gasteiger partial charge is 0.280 e. The molecule has 2 amide bonds. The Morgan fingerprint density at radius 1 is 0.880 bits per heavy atom. The minimum atomic E-state index is -0.693. The highest BCUT2D eigenvalue weighted by Crippen LogP contribution is 2.25. The van der Waals surface area contributed by atoms with Gasteiger partial charge >= 0.3 is 0 Å². The van der Waals surface area contributed by atoms with Crippen LogP contribution in [0.2, 0.25) is 5.15 Å². The molecule has 4 aromatic rings. The molecule has 0 aliphatic carbocycles. The predicted molar refractivity (Wildman–Crippen MR) is 205 cm³/mol. The van der Waals surface area contributed by atoms with Crippen LogP contribution in [0, 0.1) is 6.92 Å². The van der Waals surface area contributed by atoms with E-state index >= 15 is 0 Å². The number of guanidine groups is 1. The first-order valence-corrected chi connectivity index (χ1v) is 17.6. The molecule has 0 saturated heterocycles. The topological polar surface area (TPSA) is 178 Å². The van der Waals surface area contributed by atoms with Crippen molar-refractivity contribution in [2.75, 3.05) is 38.2 Å². The Labute approximate surface area is 300 Å². The maximum Gasteiger partial charge on any atom is 0.280 e. The number of aryl methyl sites for hydroxylation is 3. The van der Waals surface area contributed by atoms with Crippen molar-refractivity contribution in [2.24, 2.45) is 16.5 Å². The Morgan fingerprint density at radius 2 is 1.54 bits per heavy atom. The average Bonchev–Trinajstić information content (AvgIpc) is 3.09.